The lowest BCUT2D eigenvalue weighted by Gasteiger charge is -2.41. The predicted molar refractivity (Wildman–Crippen MR) is 123 cm³/mol. The van der Waals surface area contributed by atoms with Crippen LogP contribution in [-0.2, 0) is 30.7 Å². The number of carboxylic acid groups (broad SMARTS) is 1. The number of carboxylic acids is 1. The highest BCUT2D eigenvalue weighted by molar-refractivity contribution is 7.92. The number of fused-ring (bicyclic) bond motifs is 1. The first-order valence-electron chi connectivity index (χ1n) is 11.7. The third-order valence-electron chi connectivity index (χ3n) is 6.19. The van der Waals surface area contributed by atoms with Gasteiger partial charge in [-0.15, -0.1) is 0 Å². The van der Waals surface area contributed by atoms with Gasteiger partial charge in [0.25, 0.3) is 0 Å². The van der Waals surface area contributed by atoms with Gasteiger partial charge in [0.15, 0.2) is 9.84 Å². The van der Waals surface area contributed by atoms with Crippen LogP contribution in [0.2, 0.25) is 0 Å². The van der Waals surface area contributed by atoms with E-state index in [-0.39, 0.29) is 41.6 Å². The summed E-state index contributed by atoms with van der Waals surface area (Å²) in [5.41, 5.74) is 1.11. The number of benzene rings is 1. The van der Waals surface area contributed by atoms with Crippen molar-refractivity contribution in [1.82, 2.24) is 10.2 Å². The van der Waals surface area contributed by atoms with Crippen LogP contribution in [0.15, 0.2) is 24.3 Å². The maximum absolute atomic E-state index is 12.8. The van der Waals surface area contributed by atoms with Gasteiger partial charge in [-0.3, -0.25) is 9.69 Å². The smallest absolute Gasteiger partial charge is 0.490 e. The highest BCUT2D eigenvalue weighted by Gasteiger charge is 2.44. The number of aliphatic carboxylic acids is 1. The second kappa shape index (κ2) is 11.3. The molecule has 9 nitrogen and oxygen atoms in total. The van der Waals surface area contributed by atoms with Gasteiger partial charge >= 0.3 is 12.1 Å². The molecule has 0 unspecified atom stereocenters. The fraction of sp³-hybridized carbons (Fsp3) is 0.652. The van der Waals surface area contributed by atoms with Crippen LogP contribution in [0, 0.1) is 5.92 Å². The minimum Gasteiger partial charge on any atom is -0.491 e. The molecule has 0 aliphatic carbocycles. The first-order valence-corrected chi connectivity index (χ1v) is 13.5. The SMILES string of the molecule is CC(C)Oc1ccccc1CN1C[C@@H](C(=O)NC2CS(=O)(=O)C2)C[C@H]2OCC[C@H]21.O=C(O)C(F)(F)F. The number of piperidine rings is 1. The van der Waals surface area contributed by atoms with E-state index >= 15 is 0 Å². The Morgan fingerprint density at radius 1 is 1.25 bits per heavy atom. The number of nitrogens with zero attached hydrogens (tertiary/aromatic N) is 1. The van der Waals surface area contributed by atoms with Gasteiger partial charge in [-0.1, -0.05) is 18.2 Å². The summed E-state index contributed by atoms with van der Waals surface area (Å²) in [6.45, 7) is 6.09. The van der Waals surface area contributed by atoms with E-state index in [1.54, 1.807) is 0 Å². The molecule has 3 aliphatic rings. The quantitative estimate of drug-likeness (QED) is 0.566. The van der Waals surface area contributed by atoms with Crippen molar-refractivity contribution in [1.29, 1.82) is 0 Å². The standard InChI is InChI=1S/C21H30N2O5S.C2HF3O2/c1-14(2)28-19-6-4-3-5-15(19)10-23-11-16(9-20-18(23)7-8-27-20)21(24)22-17-12-29(25,26)13-17;3-2(4,5)1(6)7/h3-6,14,16-18,20H,7-13H2,1-2H3,(H,22,24);(H,6,7)/t16-,18+,20+;/m0./s1. The number of likely N-dealkylation sites (tertiary alicyclic amines) is 1. The molecule has 36 heavy (non-hydrogen) atoms. The Kier molecular flexibility index (Phi) is 8.88. The Balaban J connectivity index is 0.000000454. The van der Waals surface area contributed by atoms with Crippen molar-refractivity contribution in [3.05, 3.63) is 29.8 Å². The van der Waals surface area contributed by atoms with Gasteiger partial charge in [0, 0.05) is 31.3 Å². The Bertz CT molecular complexity index is 1040. The minimum absolute atomic E-state index is 0.0443. The zero-order chi connectivity index (χ0) is 26.7. The van der Waals surface area contributed by atoms with Crippen LogP contribution in [0.5, 0.6) is 5.75 Å². The van der Waals surface area contributed by atoms with Gasteiger partial charge < -0.3 is 19.9 Å². The summed E-state index contributed by atoms with van der Waals surface area (Å²) in [6.07, 6.45) is -3.29. The molecule has 3 fully saturated rings. The van der Waals surface area contributed by atoms with Crippen LogP contribution in [0.1, 0.15) is 32.3 Å². The Morgan fingerprint density at radius 3 is 2.47 bits per heavy atom. The molecule has 0 radical (unpaired) electrons. The van der Waals surface area contributed by atoms with Gasteiger partial charge in [0.05, 0.1) is 35.7 Å². The predicted octanol–water partition coefficient (Wildman–Crippen LogP) is 2.00. The monoisotopic (exact) mass is 536 g/mol. The number of carbonyl (C=O) groups excluding carboxylic acids is 1. The first kappa shape index (κ1) is 28.2. The molecule has 1 aromatic carbocycles. The van der Waals surface area contributed by atoms with Crippen molar-refractivity contribution < 1.29 is 45.8 Å². The van der Waals surface area contributed by atoms with Crippen molar-refractivity contribution in [3.63, 3.8) is 0 Å². The Morgan fingerprint density at radius 2 is 1.89 bits per heavy atom. The molecule has 3 saturated heterocycles. The lowest BCUT2D eigenvalue weighted by molar-refractivity contribution is -0.192. The van der Waals surface area contributed by atoms with Gasteiger partial charge in [-0.25, -0.2) is 13.2 Å². The molecule has 0 bridgehead atoms. The van der Waals surface area contributed by atoms with E-state index in [1.807, 2.05) is 32.0 Å². The number of sulfone groups is 1. The summed E-state index contributed by atoms with van der Waals surface area (Å²) in [5.74, 6) is -2.03. The lowest BCUT2D eigenvalue weighted by Crippen LogP contribution is -2.57. The number of amides is 1. The maximum Gasteiger partial charge on any atom is 0.490 e. The number of rotatable bonds is 6. The van der Waals surface area contributed by atoms with Crippen molar-refractivity contribution >= 4 is 21.7 Å². The number of para-hydroxylation sites is 1. The maximum atomic E-state index is 12.8. The summed E-state index contributed by atoms with van der Waals surface area (Å²) in [7, 11) is -2.95. The highest BCUT2D eigenvalue weighted by Crippen LogP contribution is 2.34. The van der Waals surface area contributed by atoms with E-state index < -0.39 is 22.0 Å². The number of hydrogen-bond donors (Lipinski definition) is 2. The van der Waals surface area contributed by atoms with Crippen molar-refractivity contribution in [2.45, 2.75) is 63.7 Å². The van der Waals surface area contributed by atoms with E-state index in [0.29, 0.717) is 32.2 Å². The zero-order valence-electron chi connectivity index (χ0n) is 20.0. The van der Waals surface area contributed by atoms with Crippen LogP contribution in [0.25, 0.3) is 0 Å². The molecule has 4 rings (SSSR count). The van der Waals surface area contributed by atoms with Crippen molar-refractivity contribution in [2.24, 2.45) is 5.92 Å². The molecule has 0 saturated carbocycles. The van der Waals surface area contributed by atoms with Crippen molar-refractivity contribution in [3.8, 4) is 5.75 Å². The van der Waals surface area contributed by atoms with Gasteiger partial charge in [0.2, 0.25) is 5.91 Å². The largest absolute Gasteiger partial charge is 0.491 e. The second-order valence-corrected chi connectivity index (χ2v) is 11.6. The van der Waals surface area contributed by atoms with Crippen molar-refractivity contribution in [2.75, 3.05) is 24.7 Å². The van der Waals surface area contributed by atoms with Crippen LogP contribution >= 0.6 is 0 Å². The number of carbonyl (C=O) groups is 2. The van der Waals surface area contributed by atoms with E-state index in [1.165, 1.54) is 0 Å². The fourth-order valence-corrected chi connectivity index (χ4v) is 5.91. The Hall–Kier alpha value is -2.38. The molecule has 1 amide bonds. The number of hydrogen-bond acceptors (Lipinski definition) is 7. The van der Waals surface area contributed by atoms with Gasteiger partial charge in [-0.2, -0.15) is 13.2 Å². The summed E-state index contributed by atoms with van der Waals surface area (Å²) >= 11 is 0. The van der Waals surface area contributed by atoms with E-state index in [9.17, 15) is 26.4 Å². The number of alkyl halides is 3. The summed E-state index contributed by atoms with van der Waals surface area (Å²) in [6, 6.07) is 8.10. The molecule has 1 aromatic rings. The first-order chi connectivity index (χ1) is 16.7. The third kappa shape index (κ3) is 7.56. The van der Waals surface area contributed by atoms with E-state index in [4.69, 9.17) is 19.4 Å². The third-order valence-corrected chi connectivity index (χ3v) is 8.01. The summed E-state index contributed by atoms with van der Waals surface area (Å²) in [4.78, 5) is 24.0. The molecule has 3 aliphatic heterocycles. The summed E-state index contributed by atoms with van der Waals surface area (Å²) < 4.78 is 66.4. The molecule has 13 heteroatoms. The van der Waals surface area contributed by atoms with Crippen LogP contribution in [-0.4, -0.2) is 85.4 Å². The molecule has 0 aromatic heterocycles. The minimum atomic E-state index is -5.08. The van der Waals surface area contributed by atoms with Crippen LogP contribution in [0.3, 0.4) is 0 Å². The average Bonchev–Trinajstić information content (AvgIpc) is 3.22. The van der Waals surface area contributed by atoms with Crippen LogP contribution < -0.4 is 10.1 Å². The average molecular weight is 537 g/mol. The zero-order valence-corrected chi connectivity index (χ0v) is 20.8. The normalized spacial score (nSPS) is 25.8. The molecule has 3 atom stereocenters. The molecule has 0 spiro atoms. The number of halogens is 3. The molecular weight excluding hydrogens is 505 g/mol. The number of ether oxygens (including phenoxy) is 2. The van der Waals surface area contributed by atoms with E-state index in [2.05, 4.69) is 16.3 Å². The summed E-state index contributed by atoms with van der Waals surface area (Å²) in [5, 5.41) is 10.0. The topological polar surface area (TPSA) is 122 Å². The number of nitrogens with one attached hydrogen (secondary N) is 1. The molecular formula is C23H31F3N2O7S. The molecule has 2 N–H and O–H groups in total. The van der Waals surface area contributed by atoms with Gasteiger partial charge in [-0.05, 0) is 32.8 Å². The molecule has 3 heterocycles. The molecule has 202 valence electrons. The van der Waals surface area contributed by atoms with E-state index in [0.717, 1.165) is 17.7 Å². The second-order valence-electron chi connectivity index (χ2n) is 9.49. The Labute approximate surface area is 207 Å². The highest BCUT2D eigenvalue weighted by atomic mass is 32.2. The van der Waals surface area contributed by atoms with Crippen LogP contribution in [0.4, 0.5) is 13.2 Å². The fourth-order valence-electron chi connectivity index (χ4n) is 4.61. The van der Waals surface area contributed by atoms with Gasteiger partial charge in [0.1, 0.15) is 5.75 Å². The lowest BCUT2D eigenvalue weighted by atomic mass is 9.88.